The second kappa shape index (κ2) is 6.25. The van der Waals surface area contributed by atoms with E-state index in [2.05, 4.69) is 5.32 Å². The van der Waals surface area contributed by atoms with E-state index in [1.807, 2.05) is 26.0 Å². The van der Waals surface area contributed by atoms with Gasteiger partial charge < -0.3 is 14.8 Å². The Hall–Kier alpha value is -1.55. The van der Waals surface area contributed by atoms with Crippen molar-refractivity contribution in [2.24, 2.45) is 0 Å². The Morgan fingerprint density at radius 3 is 2.65 bits per heavy atom. The Morgan fingerprint density at radius 1 is 1.35 bits per heavy atom. The molecule has 0 aliphatic carbocycles. The summed E-state index contributed by atoms with van der Waals surface area (Å²) in [6.45, 7) is 4.45. The summed E-state index contributed by atoms with van der Waals surface area (Å²) in [7, 11) is 3.33. The average molecular weight is 237 g/mol. The average Bonchev–Trinajstić information content (AvgIpc) is 2.27. The Bertz CT molecular complexity index is 402. The van der Waals surface area contributed by atoms with Crippen LogP contribution < -0.4 is 10.1 Å². The van der Waals surface area contributed by atoms with Crippen molar-refractivity contribution < 1.29 is 14.3 Å². The number of esters is 1. The molecule has 0 saturated carbocycles. The summed E-state index contributed by atoms with van der Waals surface area (Å²) in [6.07, 6.45) is 0. The number of methoxy groups -OCH3 is 1. The van der Waals surface area contributed by atoms with Gasteiger partial charge in [-0.05, 0) is 38.1 Å². The maximum atomic E-state index is 11.3. The molecule has 0 aliphatic rings. The van der Waals surface area contributed by atoms with Gasteiger partial charge in [-0.2, -0.15) is 0 Å². The van der Waals surface area contributed by atoms with Crippen LogP contribution in [0.4, 0.5) is 0 Å². The highest BCUT2D eigenvalue weighted by Gasteiger charge is 2.10. The fraction of sp³-hybridized carbons (Fsp3) is 0.462. The van der Waals surface area contributed by atoms with Gasteiger partial charge in [-0.25, -0.2) is 0 Å². The minimum absolute atomic E-state index is 0.216. The van der Waals surface area contributed by atoms with Crippen molar-refractivity contribution >= 4 is 5.97 Å². The lowest BCUT2D eigenvalue weighted by Crippen LogP contribution is -2.21. The fourth-order valence-electron chi connectivity index (χ4n) is 1.67. The van der Waals surface area contributed by atoms with Crippen molar-refractivity contribution in [3.63, 3.8) is 0 Å². The normalized spacial score (nSPS) is 10.1. The van der Waals surface area contributed by atoms with Crippen molar-refractivity contribution in [2.75, 3.05) is 20.7 Å². The second-order valence-corrected chi connectivity index (χ2v) is 3.95. The molecule has 0 radical (unpaired) electrons. The molecule has 1 aromatic rings. The molecule has 0 saturated heterocycles. The van der Waals surface area contributed by atoms with E-state index in [9.17, 15) is 4.79 Å². The summed E-state index contributed by atoms with van der Waals surface area (Å²) in [4.78, 5) is 11.3. The molecule has 0 bridgehead atoms. The van der Waals surface area contributed by atoms with Crippen LogP contribution in [0.15, 0.2) is 12.1 Å². The molecule has 1 N–H and O–H groups in total. The lowest BCUT2D eigenvalue weighted by Gasteiger charge is -2.13. The Morgan fingerprint density at radius 2 is 2.06 bits per heavy atom. The monoisotopic (exact) mass is 237 g/mol. The number of ether oxygens (including phenoxy) is 2. The van der Waals surface area contributed by atoms with E-state index in [-0.39, 0.29) is 19.1 Å². The van der Waals surface area contributed by atoms with Crippen molar-refractivity contribution in [1.29, 1.82) is 0 Å². The molecule has 94 valence electrons. The minimum atomic E-state index is -0.269. The zero-order valence-corrected chi connectivity index (χ0v) is 10.8. The van der Waals surface area contributed by atoms with Crippen molar-refractivity contribution in [3.8, 4) is 5.75 Å². The van der Waals surface area contributed by atoms with E-state index in [4.69, 9.17) is 9.47 Å². The Kier molecular flexibility index (Phi) is 4.97. The molecule has 0 unspecified atom stereocenters. The maximum Gasteiger partial charge on any atom is 0.320 e. The molecule has 0 aliphatic heterocycles. The summed E-state index contributed by atoms with van der Waals surface area (Å²) in [6, 6.07) is 3.98. The third-order valence-corrected chi connectivity index (χ3v) is 2.49. The molecule has 0 atom stereocenters. The molecule has 1 aromatic carbocycles. The smallest absolute Gasteiger partial charge is 0.320 e. The van der Waals surface area contributed by atoms with Crippen LogP contribution in [-0.2, 0) is 16.1 Å². The van der Waals surface area contributed by atoms with Gasteiger partial charge in [0.15, 0.2) is 0 Å². The van der Waals surface area contributed by atoms with Crippen molar-refractivity contribution in [3.05, 3.63) is 28.8 Å². The number of benzene rings is 1. The molecule has 0 amide bonds. The SMILES string of the molecule is CNCC(=O)OCc1c(C)cc(C)cc1OC. The van der Waals surface area contributed by atoms with Gasteiger partial charge in [0.1, 0.15) is 12.4 Å². The van der Waals surface area contributed by atoms with Crippen LogP contribution in [0, 0.1) is 13.8 Å². The lowest BCUT2D eigenvalue weighted by atomic mass is 10.1. The van der Waals surface area contributed by atoms with E-state index in [1.165, 1.54) is 0 Å². The quantitative estimate of drug-likeness (QED) is 0.790. The number of aryl methyl sites for hydroxylation is 2. The molecule has 0 fully saturated rings. The van der Waals surface area contributed by atoms with Gasteiger partial charge in [-0.1, -0.05) is 6.07 Å². The van der Waals surface area contributed by atoms with Crippen LogP contribution in [-0.4, -0.2) is 26.7 Å². The van der Waals surface area contributed by atoms with Crippen LogP contribution in [0.1, 0.15) is 16.7 Å². The first-order valence-corrected chi connectivity index (χ1v) is 5.52. The van der Waals surface area contributed by atoms with E-state index in [1.54, 1.807) is 14.2 Å². The second-order valence-electron chi connectivity index (χ2n) is 3.95. The van der Waals surface area contributed by atoms with Gasteiger partial charge >= 0.3 is 5.97 Å². The summed E-state index contributed by atoms with van der Waals surface area (Å²) in [5.41, 5.74) is 3.12. The molecule has 17 heavy (non-hydrogen) atoms. The van der Waals surface area contributed by atoms with Gasteiger partial charge in [0.05, 0.1) is 13.7 Å². The topological polar surface area (TPSA) is 47.6 Å². The molecular weight excluding hydrogens is 218 g/mol. The lowest BCUT2D eigenvalue weighted by molar-refractivity contribution is -0.143. The standard InChI is InChI=1S/C13H19NO3/c1-9-5-10(2)11(12(6-9)16-4)8-17-13(15)7-14-3/h5-6,14H,7-8H2,1-4H3. The third-order valence-electron chi connectivity index (χ3n) is 2.49. The number of nitrogens with one attached hydrogen (secondary N) is 1. The molecule has 0 spiro atoms. The van der Waals surface area contributed by atoms with E-state index in [0.717, 1.165) is 22.4 Å². The van der Waals surface area contributed by atoms with Gasteiger partial charge in [0, 0.05) is 5.56 Å². The summed E-state index contributed by atoms with van der Waals surface area (Å²) >= 11 is 0. The predicted octanol–water partition coefficient (Wildman–Crippen LogP) is 1.57. The van der Waals surface area contributed by atoms with Crippen LogP contribution in [0.5, 0.6) is 5.75 Å². The van der Waals surface area contributed by atoms with Crippen LogP contribution >= 0.6 is 0 Å². The summed E-state index contributed by atoms with van der Waals surface area (Å²) in [5, 5.41) is 2.75. The number of rotatable bonds is 5. The van der Waals surface area contributed by atoms with Crippen LogP contribution in [0.3, 0.4) is 0 Å². The Balaban J connectivity index is 2.79. The van der Waals surface area contributed by atoms with Gasteiger partial charge in [-0.15, -0.1) is 0 Å². The van der Waals surface area contributed by atoms with Crippen molar-refractivity contribution in [1.82, 2.24) is 5.32 Å². The van der Waals surface area contributed by atoms with E-state index < -0.39 is 0 Å². The highest BCUT2D eigenvalue weighted by Crippen LogP contribution is 2.24. The molecule has 1 rings (SSSR count). The number of hydrogen-bond donors (Lipinski definition) is 1. The summed E-state index contributed by atoms with van der Waals surface area (Å²) < 4.78 is 10.4. The minimum Gasteiger partial charge on any atom is -0.496 e. The van der Waals surface area contributed by atoms with Crippen molar-refractivity contribution in [2.45, 2.75) is 20.5 Å². The fourth-order valence-corrected chi connectivity index (χ4v) is 1.67. The van der Waals surface area contributed by atoms with E-state index >= 15 is 0 Å². The molecular formula is C13H19NO3. The number of carbonyl (C=O) groups is 1. The number of carbonyl (C=O) groups excluding carboxylic acids is 1. The largest absolute Gasteiger partial charge is 0.496 e. The van der Waals surface area contributed by atoms with Crippen LogP contribution in [0.2, 0.25) is 0 Å². The van der Waals surface area contributed by atoms with Gasteiger partial charge in [0.2, 0.25) is 0 Å². The van der Waals surface area contributed by atoms with Gasteiger partial charge in [0.25, 0.3) is 0 Å². The molecule has 4 nitrogen and oxygen atoms in total. The first kappa shape index (κ1) is 13.5. The summed E-state index contributed by atoms with van der Waals surface area (Å²) in [5.74, 6) is 0.495. The molecule has 0 heterocycles. The highest BCUT2D eigenvalue weighted by molar-refractivity contribution is 5.71. The first-order chi connectivity index (χ1) is 8.08. The Labute approximate surface area is 102 Å². The van der Waals surface area contributed by atoms with E-state index in [0.29, 0.717) is 0 Å². The molecule has 4 heteroatoms. The van der Waals surface area contributed by atoms with Crippen LogP contribution in [0.25, 0.3) is 0 Å². The maximum absolute atomic E-state index is 11.3. The molecule has 0 aromatic heterocycles. The number of likely N-dealkylation sites (N-methyl/N-ethyl adjacent to an activating group) is 1. The first-order valence-electron chi connectivity index (χ1n) is 5.52. The third kappa shape index (κ3) is 3.75. The highest BCUT2D eigenvalue weighted by atomic mass is 16.5. The zero-order valence-electron chi connectivity index (χ0n) is 10.8. The van der Waals surface area contributed by atoms with Gasteiger partial charge in [-0.3, -0.25) is 4.79 Å². The number of hydrogen-bond acceptors (Lipinski definition) is 4. The predicted molar refractivity (Wildman–Crippen MR) is 66.2 cm³/mol. The zero-order chi connectivity index (χ0) is 12.8.